The predicted molar refractivity (Wildman–Crippen MR) is 102 cm³/mol. The van der Waals surface area contributed by atoms with Crippen LogP contribution in [-0.4, -0.2) is 42.9 Å². The first kappa shape index (κ1) is 20.4. The number of carboxylic acids is 1. The molecule has 0 aliphatic carbocycles. The van der Waals surface area contributed by atoms with Crippen LogP contribution in [0.2, 0.25) is 0 Å². The first-order chi connectivity index (χ1) is 12.7. The maximum atomic E-state index is 12.6. The van der Waals surface area contributed by atoms with E-state index in [9.17, 15) is 18.0 Å². The van der Waals surface area contributed by atoms with Gasteiger partial charge in [0, 0.05) is 17.3 Å². The van der Waals surface area contributed by atoms with Crippen LogP contribution in [0.3, 0.4) is 0 Å². The number of aliphatic carboxylic acids is 1. The molecule has 0 aromatic heterocycles. The molecule has 2 aromatic carbocycles. The van der Waals surface area contributed by atoms with Crippen LogP contribution in [-0.2, 0) is 14.8 Å². The minimum atomic E-state index is -3.79. The van der Waals surface area contributed by atoms with E-state index in [-0.39, 0.29) is 16.5 Å². The molecule has 0 spiro atoms. The lowest BCUT2D eigenvalue weighted by molar-refractivity contribution is -0.138. The summed E-state index contributed by atoms with van der Waals surface area (Å²) >= 11 is 0. The second-order valence-corrected chi connectivity index (χ2v) is 7.76. The summed E-state index contributed by atoms with van der Waals surface area (Å²) in [5, 5.41) is 9.03. The van der Waals surface area contributed by atoms with Crippen LogP contribution in [0.25, 0.3) is 0 Å². The van der Waals surface area contributed by atoms with Crippen molar-refractivity contribution in [1.82, 2.24) is 4.90 Å². The number of sulfonamides is 1. The van der Waals surface area contributed by atoms with Crippen molar-refractivity contribution in [2.24, 2.45) is 0 Å². The molecule has 0 fully saturated rings. The number of nitrogens with one attached hydrogen (secondary N) is 1. The Hall–Kier alpha value is -2.87. The van der Waals surface area contributed by atoms with E-state index in [2.05, 4.69) is 4.72 Å². The van der Waals surface area contributed by atoms with Gasteiger partial charge in [0.25, 0.3) is 15.9 Å². The standard InChI is InChI=1S/C19H22N2O5S/c1-3-14(2)21(13-18(22)23)19(24)15-9-11-17(12-10-15)27(25,26)20-16-7-5-4-6-8-16/h4-12,14,20H,3,13H2,1-2H3,(H,22,23). The molecule has 144 valence electrons. The molecule has 1 atom stereocenters. The lowest BCUT2D eigenvalue weighted by Crippen LogP contribution is -2.41. The largest absolute Gasteiger partial charge is 0.480 e. The average molecular weight is 390 g/mol. The second-order valence-electron chi connectivity index (χ2n) is 6.08. The molecule has 8 heteroatoms. The summed E-state index contributed by atoms with van der Waals surface area (Å²) in [4.78, 5) is 24.9. The molecule has 2 rings (SSSR count). The fourth-order valence-electron chi connectivity index (χ4n) is 2.46. The van der Waals surface area contributed by atoms with E-state index >= 15 is 0 Å². The SMILES string of the molecule is CCC(C)N(CC(=O)O)C(=O)c1ccc(S(=O)(=O)Nc2ccccc2)cc1. The number of hydrogen-bond donors (Lipinski definition) is 2. The lowest BCUT2D eigenvalue weighted by Gasteiger charge is -2.27. The monoisotopic (exact) mass is 390 g/mol. The van der Waals surface area contributed by atoms with Crippen LogP contribution in [0.1, 0.15) is 30.6 Å². The van der Waals surface area contributed by atoms with E-state index in [0.717, 1.165) is 0 Å². The summed E-state index contributed by atoms with van der Waals surface area (Å²) in [5.74, 6) is -1.55. The molecule has 2 N–H and O–H groups in total. The maximum absolute atomic E-state index is 12.6. The van der Waals surface area contributed by atoms with Crippen molar-refractivity contribution in [3.05, 3.63) is 60.2 Å². The van der Waals surface area contributed by atoms with Crippen molar-refractivity contribution in [2.45, 2.75) is 31.2 Å². The number of rotatable bonds is 8. The van der Waals surface area contributed by atoms with E-state index in [1.807, 2.05) is 6.92 Å². The molecular weight excluding hydrogens is 368 g/mol. The van der Waals surface area contributed by atoms with Crippen molar-refractivity contribution in [2.75, 3.05) is 11.3 Å². The molecule has 27 heavy (non-hydrogen) atoms. The van der Waals surface area contributed by atoms with Gasteiger partial charge in [-0.15, -0.1) is 0 Å². The Labute approximate surface area is 158 Å². The zero-order valence-corrected chi connectivity index (χ0v) is 15.9. The molecule has 0 aliphatic rings. The van der Waals surface area contributed by atoms with Gasteiger partial charge in [0.15, 0.2) is 0 Å². The quantitative estimate of drug-likeness (QED) is 0.721. The number of para-hydroxylation sites is 1. The third-order valence-corrected chi connectivity index (χ3v) is 5.52. The van der Waals surface area contributed by atoms with E-state index in [1.54, 1.807) is 37.3 Å². The normalized spacial score (nSPS) is 12.2. The van der Waals surface area contributed by atoms with Gasteiger partial charge in [0.05, 0.1) is 4.90 Å². The van der Waals surface area contributed by atoms with Crippen LogP contribution in [0.5, 0.6) is 0 Å². The Morgan fingerprint density at radius 3 is 2.19 bits per heavy atom. The topological polar surface area (TPSA) is 104 Å². The van der Waals surface area contributed by atoms with Gasteiger partial charge in [-0.1, -0.05) is 25.1 Å². The Morgan fingerprint density at radius 2 is 1.67 bits per heavy atom. The number of nitrogens with zero attached hydrogens (tertiary/aromatic N) is 1. The molecule has 1 amide bonds. The average Bonchev–Trinajstić information content (AvgIpc) is 2.65. The molecule has 0 radical (unpaired) electrons. The Kier molecular flexibility index (Phi) is 6.57. The number of hydrogen-bond acceptors (Lipinski definition) is 4. The zero-order chi connectivity index (χ0) is 20.0. The number of anilines is 1. The molecule has 0 saturated heterocycles. The molecule has 0 bridgehead atoms. The molecular formula is C19H22N2O5S. The number of amides is 1. The molecule has 0 aliphatic heterocycles. The van der Waals surface area contributed by atoms with Gasteiger partial charge in [-0.25, -0.2) is 8.42 Å². The number of carboxylic acid groups (broad SMARTS) is 1. The number of carbonyl (C=O) groups excluding carboxylic acids is 1. The Balaban J connectivity index is 2.22. The van der Waals surface area contributed by atoms with Gasteiger partial charge in [-0.3, -0.25) is 14.3 Å². The maximum Gasteiger partial charge on any atom is 0.323 e. The molecule has 0 saturated carbocycles. The first-order valence-electron chi connectivity index (χ1n) is 8.45. The van der Waals surface area contributed by atoms with Crippen LogP contribution < -0.4 is 4.72 Å². The summed E-state index contributed by atoms with van der Waals surface area (Å²) in [6.07, 6.45) is 0.604. The van der Waals surface area contributed by atoms with Crippen molar-refractivity contribution in [1.29, 1.82) is 0 Å². The first-order valence-corrected chi connectivity index (χ1v) is 9.93. The number of benzene rings is 2. The van der Waals surface area contributed by atoms with E-state index in [1.165, 1.54) is 29.2 Å². The summed E-state index contributed by atoms with van der Waals surface area (Å²) in [7, 11) is -3.79. The zero-order valence-electron chi connectivity index (χ0n) is 15.1. The van der Waals surface area contributed by atoms with Gasteiger partial charge >= 0.3 is 5.97 Å². The Morgan fingerprint density at radius 1 is 1.07 bits per heavy atom. The molecule has 7 nitrogen and oxygen atoms in total. The third-order valence-electron chi connectivity index (χ3n) is 4.13. The van der Waals surface area contributed by atoms with Gasteiger partial charge < -0.3 is 10.0 Å². The van der Waals surface area contributed by atoms with Gasteiger partial charge in [0.1, 0.15) is 6.54 Å². The lowest BCUT2D eigenvalue weighted by atomic mass is 10.1. The summed E-state index contributed by atoms with van der Waals surface area (Å²) in [6, 6.07) is 13.6. The van der Waals surface area contributed by atoms with Crippen molar-refractivity contribution >= 4 is 27.6 Å². The molecule has 0 heterocycles. The summed E-state index contributed by atoms with van der Waals surface area (Å²) in [5.41, 5.74) is 0.664. The highest BCUT2D eigenvalue weighted by Crippen LogP contribution is 2.18. The highest BCUT2D eigenvalue weighted by molar-refractivity contribution is 7.92. The van der Waals surface area contributed by atoms with Gasteiger partial charge in [-0.2, -0.15) is 0 Å². The second kappa shape index (κ2) is 8.68. The number of carbonyl (C=O) groups is 2. The minimum Gasteiger partial charge on any atom is -0.480 e. The fraction of sp³-hybridized carbons (Fsp3) is 0.263. The Bertz CT molecular complexity index is 895. The minimum absolute atomic E-state index is 0.0104. The fourth-order valence-corrected chi connectivity index (χ4v) is 3.52. The van der Waals surface area contributed by atoms with E-state index in [4.69, 9.17) is 5.11 Å². The summed E-state index contributed by atoms with van der Waals surface area (Å²) in [6.45, 7) is 3.21. The van der Waals surface area contributed by atoms with Gasteiger partial charge in [-0.05, 0) is 49.7 Å². The van der Waals surface area contributed by atoms with Crippen molar-refractivity contribution in [3.63, 3.8) is 0 Å². The van der Waals surface area contributed by atoms with E-state index in [0.29, 0.717) is 12.1 Å². The van der Waals surface area contributed by atoms with Crippen LogP contribution in [0, 0.1) is 0 Å². The van der Waals surface area contributed by atoms with Crippen molar-refractivity contribution in [3.8, 4) is 0 Å². The summed E-state index contributed by atoms with van der Waals surface area (Å²) < 4.78 is 27.3. The van der Waals surface area contributed by atoms with E-state index < -0.39 is 28.4 Å². The molecule has 1 unspecified atom stereocenters. The van der Waals surface area contributed by atoms with Crippen LogP contribution in [0.4, 0.5) is 5.69 Å². The van der Waals surface area contributed by atoms with Crippen molar-refractivity contribution < 1.29 is 23.1 Å². The predicted octanol–water partition coefficient (Wildman–Crippen LogP) is 2.81. The highest BCUT2D eigenvalue weighted by Gasteiger charge is 2.23. The van der Waals surface area contributed by atoms with Crippen LogP contribution >= 0.6 is 0 Å². The molecule has 2 aromatic rings. The smallest absolute Gasteiger partial charge is 0.323 e. The highest BCUT2D eigenvalue weighted by atomic mass is 32.2. The van der Waals surface area contributed by atoms with Crippen LogP contribution in [0.15, 0.2) is 59.5 Å². The third kappa shape index (κ3) is 5.30. The van der Waals surface area contributed by atoms with Gasteiger partial charge in [0.2, 0.25) is 0 Å².